The number of amidine groups is 1. The number of hydrogen-bond donors (Lipinski definition) is 0. The Morgan fingerprint density at radius 2 is 2.11 bits per heavy atom. The van der Waals surface area contributed by atoms with Crippen LogP contribution in [0.5, 0.6) is 5.75 Å². The molecule has 2 aromatic rings. The maximum atomic E-state index is 13.4. The number of aliphatic imine (C=N–C) groups is 1. The summed E-state index contributed by atoms with van der Waals surface area (Å²) in [7, 11) is 1.64. The molecule has 1 saturated heterocycles. The summed E-state index contributed by atoms with van der Waals surface area (Å²) in [6, 6.07) is 11.4. The van der Waals surface area contributed by atoms with E-state index in [-0.39, 0.29) is 17.8 Å². The summed E-state index contributed by atoms with van der Waals surface area (Å²) in [6.07, 6.45) is 2.72. The van der Waals surface area contributed by atoms with Crippen LogP contribution in [-0.4, -0.2) is 29.1 Å². The van der Waals surface area contributed by atoms with E-state index < -0.39 is 0 Å². The van der Waals surface area contributed by atoms with Gasteiger partial charge in [0.15, 0.2) is 5.17 Å². The third-order valence-corrected chi connectivity index (χ3v) is 5.55. The average molecular weight is 419 g/mol. The van der Waals surface area contributed by atoms with Crippen molar-refractivity contribution in [1.29, 1.82) is 0 Å². The quantitative estimate of drug-likeness (QED) is 0.568. The van der Waals surface area contributed by atoms with Crippen molar-refractivity contribution < 1.29 is 13.9 Å². The second kappa shape index (κ2) is 8.80. The number of nitrogens with zero attached hydrogens (tertiary/aromatic N) is 2. The molecule has 7 heteroatoms. The molecule has 3 rings (SSSR count). The highest BCUT2D eigenvalue weighted by Gasteiger charge is 2.30. The molecule has 1 atom stereocenters. The molecule has 0 saturated carbocycles. The zero-order valence-electron chi connectivity index (χ0n) is 15.8. The number of amides is 1. The van der Waals surface area contributed by atoms with E-state index in [0.717, 1.165) is 12.0 Å². The fourth-order valence-electron chi connectivity index (χ4n) is 2.46. The summed E-state index contributed by atoms with van der Waals surface area (Å²) in [5, 5.41) is 0.983. The second-order valence-electron chi connectivity index (χ2n) is 6.38. The maximum Gasteiger partial charge on any atom is 0.266 e. The van der Waals surface area contributed by atoms with Gasteiger partial charge in [-0.05, 0) is 67.1 Å². The smallest absolute Gasteiger partial charge is 0.266 e. The van der Waals surface area contributed by atoms with Crippen molar-refractivity contribution in [3.8, 4) is 5.75 Å². The molecule has 0 radical (unpaired) electrons. The Bertz CT molecular complexity index is 961. The van der Waals surface area contributed by atoms with Gasteiger partial charge in [0.05, 0.1) is 21.7 Å². The number of carbonyl (C=O) groups is 1. The van der Waals surface area contributed by atoms with E-state index in [4.69, 9.17) is 16.3 Å². The van der Waals surface area contributed by atoms with E-state index in [1.165, 1.54) is 28.8 Å². The molecule has 0 unspecified atom stereocenters. The van der Waals surface area contributed by atoms with Crippen LogP contribution < -0.4 is 4.74 Å². The number of rotatable bonds is 5. The Kier molecular flexibility index (Phi) is 6.42. The lowest BCUT2D eigenvalue weighted by molar-refractivity contribution is -0.121. The molecule has 0 bridgehead atoms. The van der Waals surface area contributed by atoms with Gasteiger partial charge in [0.25, 0.3) is 5.91 Å². The third-order valence-electron chi connectivity index (χ3n) is 4.19. The van der Waals surface area contributed by atoms with Gasteiger partial charge in [-0.1, -0.05) is 30.7 Å². The normalized spacial score (nSPS) is 18.2. The molecule has 0 spiro atoms. The van der Waals surface area contributed by atoms with Crippen LogP contribution in [0.15, 0.2) is 52.4 Å². The first-order chi connectivity index (χ1) is 13.4. The number of carbonyl (C=O) groups excluding carboxylic acids is 1. The first kappa shape index (κ1) is 20.4. The predicted molar refractivity (Wildman–Crippen MR) is 114 cm³/mol. The van der Waals surface area contributed by atoms with Gasteiger partial charge >= 0.3 is 0 Å². The molecule has 0 aromatic heterocycles. The molecule has 1 amide bonds. The molecular formula is C21H20ClFN2O2S. The monoisotopic (exact) mass is 418 g/mol. The van der Waals surface area contributed by atoms with Crippen LogP contribution in [0.4, 0.5) is 10.1 Å². The lowest BCUT2D eigenvalue weighted by atomic mass is 10.2. The lowest BCUT2D eigenvalue weighted by Crippen LogP contribution is -2.23. The predicted octanol–water partition coefficient (Wildman–Crippen LogP) is 5.89. The van der Waals surface area contributed by atoms with E-state index >= 15 is 0 Å². The Balaban J connectivity index is 1.83. The first-order valence-electron chi connectivity index (χ1n) is 8.85. The summed E-state index contributed by atoms with van der Waals surface area (Å²) in [6.45, 7) is 4.02. The highest BCUT2D eigenvalue weighted by atomic mass is 35.5. The summed E-state index contributed by atoms with van der Waals surface area (Å²) >= 11 is 7.55. The summed E-state index contributed by atoms with van der Waals surface area (Å²) in [5.41, 5.74) is 1.25. The van der Waals surface area contributed by atoms with Crippen molar-refractivity contribution in [3.05, 3.63) is 63.8 Å². The van der Waals surface area contributed by atoms with Gasteiger partial charge < -0.3 is 4.74 Å². The minimum atomic E-state index is -0.371. The van der Waals surface area contributed by atoms with Crippen molar-refractivity contribution >= 4 is 46.2 Å². The van der Waals surface area contributed by atoms with Crippen molar-refractivity contribution in [1.82, 2.24) is 4.90 Å². The largest absolute Gasteiger partial charge is 0.489 e. The number of halogens is 2. The zero-order valence-corrected chi connectivity index (χ0v) is 17.4. The van der Waals surface area contributed by atoms with Crippen LogP contribution >= 0.6 is 23.4 Å². The molecule has 1 aliphatic rings. The summed E-state index contributed by atoms with van der Waals surface area (Å²) < 4.78 is 19.1. The van der Waals surface area contributed by atoms with Crippen molar-refractivity contribution in [3.63, 3.8) is 0 Å². The van der Waals surface area contributed by atoms with E-state index in [1.54, 1.807) is 37.4 Å². The Morgan fingerprint density at radius 1 is 1.32 bits per heavy atom. The third kappa shape index (κ3) is 4.75. The number of likely N-dealkylation sites (N-methyl/N-ethyl adjacent to an activating group) is 1. The Morgan fingerprint density at radius 3 is 2.79 bits per heavy atom. The van der Waals surface area contributed by atoms with Crippen LogP contribution in [0, 0.1) is 5.82 Å². The molecule has 1 heterocycles. The molecule has 146 valence electrons. The number of thioether (sulfide) groups is 1. The average Bonchev–Trinajstić information content (AvgIpc) is 2.91. The van der Waals surface area contributed by atoms with Crippen molar-refractivity contribution in [2.24, 2.45) is 4.99 Å². The molecule has 1 fully saturated rings. The van der Waals surface area contributed by atoms with Crippen LogP contribution in [0.2, 0.25) is 5.02 Å². The summed E-state index contributed by atoms with van der Waals surface area (Å²) in [5.74, 6) is 0.0779. The van der Waals surface area contributed by atoms with Gasteiger partial charge in [0.2, 0.25) is 0 Å². The van der Waals surface area contributed by atoms with E-state index in [0.29, 0.717) is 26.5 Å². The van der Waals surface area contributed by atoms with Crippen LogP contribution in [0.1, 0.15) is 25.8 Å². The number of ether oxygens (including phenoxy) is 1. The molecule has 4 nitrogen and oxygen atoms in total. The van der Waals surface area contributed by atoms with Crippen molar-refractivity contribution in [2.45, 2.75) is 26.4 Å². The Labute approximate surface area is 173 Å². The standard InChI is InChI=1S/C21H20ClFN2O2S/c1-4-13(2)27-18-9-8-14(10-17(18)22)11-19-20(26)25(3)21(28-19)24-16-7-5-6-15(23)12-16/h5-13H,4H2,1-3H3/b19-11-,24-21?/t13-/m0/s1. The summed E-state index contributed by atoms with van der Waals surface area (Å²) in [4.78, 5) is 18.9. The van der Waals surface area contributed by atoms with Crippen LogP contribution in [0.25, 0.3) is 6.08 Å². The second-order valence-corrected chi connectivity index (χ2v) is 7.79. The van der Waals surface area contributed by atoms with Gasteiger partial charge in [0.1, 0.15) is 11.6 Å². The van der Waals surface area contributed by atoms with Crippen LogP contribution in [-0.2, 0) is 4.79 Å². The lowest BCUT2D eigenvalue weighted by Gasteiger charge is -2.14. The highest BCUT2D eigenvalue weighted by molar-refractivity contribution is 8.18. The van der Waals surface area contributed by atoms with Crippen LogP contribution in [0.3, 0.4) is 0 Å². The molecule has 2 aromatic carbocycles. The number of hydrogen-bond acceptors (Lipinski definition) is 4. The van der Waals surface area contributed by atoms with Gasteiger partial charge in [-0.25, -0.2) is 9.38 Å². The fraction of sp³-hybridized carbons (Fsp3) is 0.238. The maximum absolute atomic E-state index is 13.4. The highest BCUT2D eigenvalue weighted by Crippen LogP contribution is 2.34. The molecule has 28 heavy (non-hydrogen) atoms. The zero-order chi connectivity index (χ0) is 20.3. The molecule has 1 aliphatic heterocycles. The Hall–Kier alpha value is -2.31. The minimum absolute atomic E-state index is 0.0731. The fourth-order valence-corrected chi connectivity index (χ4v) is 3.68. The van der Waals surface area contributed by atoms with Gasteiger partial charge in [-0.2, -0.15) is 0 Å². The number of benzene rings is 2. The van der Waals surface area contributed by atoms with E-state index in [9.17, 15) is 9.18 Å². The molecule has 0 aliphatic carbocycles. The molecule has 0 N–H and O–H groups in total. The van der Waals surface area contributed by atoms with E-state index in [2.05, 4.69) is 4.99 Å². The van der Waals surface area contributed by atoms with Gasteiger partial charge in [-0.3, -0.25) is 9.69 Å². The topological polar surface area (TPSA) is 41.9 Å². The van der Waals surface area contributed by atoms with Gasteiger partial charge in [-0.15, -0.1) is 0 Å². The van der Waals surface area contributed by atoms with E-state index in [1.807, 2.05) is 19.9 Å². The SMILES string of the molecule is CC[C@H](C)Oc1ccc(/C=C2\SC(=Nc3cccc(F)c3)N(C)C2=O)cc1Cl. The van der Waals surface area contributed by atoms with Gasteiger partial charge in [0, 0.05) is 7.05 Å². The van der Waals surface area contributed by atoms with Crippen molar-refractivity contribution in [2.75, 3.05) is 7.05 Å². The first-order valence-corrected chi connectivity index (χ1v) is 10.0. The molecular weight excluding hydrogens is 399 g/mol. The minimum Gasteiger partial charge on any atom is -0.489 e.